The maximum Gasteiger partial charge on any atom is 0.416 e. The number of carboxylic acid groups (broad SMARTS) is 1. The molecule has 2 aromatic carbocycles. The Labute approximate surface area is 198 Å². The minimum atomic E-state index is -4.41. The first-order valence-corrected chi connectivity index (χ1v) is 10.2. The van der Waals surface area contributed by atoms with Gasteiger partial charge in [0.1, 0.15) is 12.3 Å². The highest BCUT2D eigenvalue weighted by Gasteiger charge is 2.31. The molecule has 0 spiro atoms. The predicted octanol–water partition coefficient (Wildman–Crippen LogP) is 3.95. The van der Waals surface area contributed by atoms with Crippen LogP contribution in [0, 0.1) is 0 Å². The second-order valence-electron chi connectivity index (χ2n) is 7.96. The predicted molar refractivity (Wildman–Crippen MR) is 115 cm³/mol. The third-order valence-electron chi connectivity index (χ3n) is 4.84. The van der Waals surface area contributed by atoms with Crippen LogP contribution in [0.25, 0.3) is 0 Å². The number of ether oxygens (including phenoxy) is 3. The summed E-state index contributed by atoms with van der Waals surface area (Å²) in [6.45, 7) is 2.74. The summed E-state index contributed by atoms with van der Waals surface area (Å²) in [5, 5.41) is 17.0. The van der Waals surface area contributed by atoms with Gasteiger partial charge in [0, 0.05) is 0 Å². The molecule has 3 rings (SSSR count). The Bertz CT molecular complexity index is 1210. The van der Waals surface area contributed by atoms with Crippen molar-refractivity contribution in [3.05, 3.63) is 71.0 Å². The van der Waals surface area contributed by atoms with Crippen LogP contribution in [0.1, 0.15) is 41.0 Å². The van der Waals surface area contributed by atoms with Gasteiger partial charge in [-0.15, -0.1) is 5.10 Å². The summed E-state index contributed by atoms with van der Waals surface area (Å²) in [6, 6.07) is 8.84. The maximum atomic E-state index is 12.7. The summed E-state index contributed by atoms with van der Waals surface area (Å²) in [5.74, 6) is -1.57. The number of alkyl halides is 3. The SMILES string of the molecule is COc1cc(C(=O)OCc2cn(Cc3ccc(C(F)(F)F)cc3)nn2)ccc1OC(C)(C)C(=O)O. The Morgan fingerprint density at radius 2 is 1.74 bits per heavy atom. The van der Waals surface area contributed by atoms with Gasteiger partial charge in [-0.3, -0.25) is 0 Å². The molecule has 0 saturated carbocycles. The first-order valence-electron chi connectivity index (χ1n) is 10.2. The number of methoxy groups -OCH3 is 1. The smallest absolute Gasteiger partial charge is 0.416 e. The molecule has 0 unspecified atom stereocenters. The van der Waals surface area contributed by atoms with Crippen LogP contribution in [0.15, 0.2) is 48.7 Å². The van der Waals surface area contributed by atoms with E-state index in [-0.39, 0.29) is 30.2 Å². The van der Waals surface area contributed by atoms with Gasteiger partial charge in [-0.1, -0.05) is 17.3 Å². The van der Waals surface area contributed by atoms with E-state index < -0.39 is 29.3 Å². The first-order chi connectivity index (χ1) is 16.4. The van der Waals surface area contributed by atoms with Crippen LogP contribution in [-0.2, 0) is 28.9 Å². The van der Waals surface area contributed by atoms with E-state index in [1.165, 1.54) is 62.2 Å². The van der Waals surface area contributed by atoms with Crippen LogP contribution in [0.4, 0.5) is 13.2 Å². The Balaban J connectivity index is 1.60. The van der Waals surface area contributed by atoms with Gasteiger partial charge in [-0.05, 0) is 49.7 Å². The van der Waals surface area contributed by atoms with Crippen molar-refractivity contribution in [1.82, 2.24) is 15.0 Å². The second-order valence-corrected chi connectivity index (χ2v) is 7.96. The monoisotopic (exact) mass is 493 g/mol. The molecule has 3 aromatic rings. The molecule has 0 fully saturated rings. The lowest BCUT2D eigenvalue weighted by atomic mass is 10.1. The number of aliphatic carboxylic acids is 1. The number of hydrogen-bond donors (Lipinski definition) is 1. The highest BCUT2D eigenvalue weighted by atomic mass is 19.4. The Morgan fingerprint density at radius 3 is 2.34 bits per heavy atom. The van der Waals surface area contributed by atoms with E-state index in [1.807, 2.05) is 0 Å². The van der Waals surface area contributed by atoms with E-state index in [2.05, 4.69) is 10.3 Å². The Morgan fingerprint density at radius 1 is 1.06 bits per heavy atom. The van der Waals surface area contributed by atoms with Crippen LogP contribution in [0.3, 0.4) is 0 Å². The summed E-state index contributed by atoms with van der Waals surface area (Å²) >= 11 is 0. The van der Waals surface area contributed by atoms with E-state index in [0.29, 0.717) is 11.3 Å². The fourth-order valence-corrected chi connectivity index (χ4v) is 2.89. The van der Waals surface area contributed by atoms with Crippen molar-refractivity contribution in [2.75, 3.05) is 7.11 Å². The number of hydrogen-bond acceptors (Lipinski definition) is 7. The van der Waals surface area contributed by atoms with Crippen LogP contribution < -0.4 is 9.47 Å². The number of halogens is 3. The van der Waals surface area contributed by atoms with E-state index in [1.54, 1.807) is 0 Å². The van der Waals surface area contributed by atoms with Gasteiger partial charge < -0.3 is 19.3 Å². The molecule has 0 aliphatic carbocycles. The minimum absolute atomic E-state index is 0.138. The normalized spacial score (nSPS) is 11.7. The molecule has 12 heteroatoms. The summed E-state index contributed by atoms with van der Waals surface area (Å²) < 4.78 is 55.3. The average molecular weight is 493 g/mol. The first kappa shape index (κ1) is 25.5. The van der Waals surface area contributed by atoms with Gasteiger partial charge in [0.25, 0.3) is 0 Å². The number of nitrogens with zero attached hydrogens (tertiary/aromatic N) is 3. The average Bonchev–Trinajstić information content (AvgIpc) is 3.24. The van der Waals surface area contributed by atoms with Crippen molar-refractivity contribution in [3.8, 4) is 11.5 Å². The fourth-order valence-electron chi connectivity index (χ4n) is 2.89. The second kappa shape index (κ2) is 10.0. The Kier molecular flexibility index (Phi) is 7.32. The largest absolute Gasteiger partial charge is 0.493 e. The van der Waals surface area contributed by atoms with Gasteiger partial charge >= 0.3 is 18.1 Å². The molecule has 186 valence electrons. The molecule has 1 N–H and O–H groups in total. The molecular formula is C23H22F3N3O6. The molecule has 0 aliphatic heterocycles. The number of benzene rings is 2. The molecule has 1 heterocycles. The molecular weight excluding hydrogens is 471 g/mol. The third kappa shape index (κ3) is 6.49. The van der Waals surface area contributed by atoms with Crippen molar-refractivity contribution in [3.63, 3.8) is 0 Å². The summed E-state index contributed by atoms with van der Waals surface area (Å²) in [4.78, 5) is 23.7. The lowest BCUT2D eigenvalue weighted by molar-refractivity contribution is -0.152. The van der Waals surface area contributed by atoms with Gasteiger partial charge in [-0.2, -0.15) is 13.2 Å². The molecule has 0 bridgehead atoms. The molecule has 9 nitrogen and oxygen atoms in total. The molecule has 0 amide bonds. The highest BCUT2D eigenvalue weighted by molar-refractivity contribution is 5.90. The summed E-state index contributed by atoms with van der Waals surface area (Å²) in [6.07, 6.45) is -2.90. The van der Waals surface area contributed by atoms with Gasteiger partial charge in [0.05, 0.1) is 31.0 Å². The van der Waals surface area contributed by atoms with Crippen molar-refractivity contribution >= 4 is 11.9 Å². The van der Waals surface area contributed by atoms with Gasteiger partial charge in [0.2, 0.25) is 0 Å². The highest BCUT2D eigenvalue weighted by Crippen LogP contribution is 2.32. The topological polar surface area (TPSA) is 113 Å². The number of carboxylic acids is 1. The van der Waals surface area contributed by atoms with Gasteiger partial charge in [-0.25, -0.2) is 14.3 Å². The number of carbonyl (C=O) groups excluding carboxylic acids is 1. The quantitative estimate of drug-likeness (QED) is 0.446. The number of esters is 1. The van der Waals surface area contributed by atoms with E-state index in [0.717, 1.165) is 12.1 Å². The van der Waals surface area contributed by atoms with Crippen molar-refractivity contribution < 1.29 is 42.1 Å². The molecule has 0 radical (unpaired) electrons. The van der Waals surface area contributed by atoms with Crippen molar-refractivity contribution in [2.45, 2.75) is 38.8 Å². The number of aromatic nitrogens is 3. The van der Waals surface area contributed by atoms with E-state index in [9.17, 15) is 27.9 Å². The molecule has 1 aromatic heterocycles. The van der Waals surface area contributed by atoms with Crippen LogP contribution in [-0.4, -0.2) is 44.7 Å². The molecule has 0 saturated heterocycles. The van der Waals surface area contributed by atoms with Crippen LogP contribution >= 0.6 is 0 Å². The molecule has 0 aliphatic rings. The number of carbonyl (C=O) groups is 2. The minimum Gasteiger partial charge on any atom is -0.493 e. The fraction of sp³-hybridized carbons (Fsp3) is 0.304. The summed E-state index contributed by atoms with van der Waals surface area (Å²) in [7, 11) is 1.35. The standard InChI is InChI=1S/C23H22F3N3O6/c1-22(2,21(31)32)35-18-9-6-15(10-19(18)33-3)20(30)34-13-17-12-29(28-27-17)11-14-4-7-16(8-5-14)23(24,25)26/h4-10,12H,11,13H2,1-3H3,(H,31,32). The van der Waals surface area contributed by atoms with E-state index >= 15 is 0 Å². The third-order valence-corrected chi connectivity index (χ3v) is 4.84. The van der Waals surface area contributed by atoms with Gasteiger partial charge in [0.15, 0.2) is 17.1 Å². The zero-order chi connectivity index (χ0) is 25.8. The number of rotatable bonds is 9. The zero-order valence-corrected chi connectivity index (χ0v) is 19.0. The maximum absolute atomic E-state index is 12.7. The van der Waals surface area contributed by atoms with Crippen molar-refractivity contribution in [1.29, 1.82) is 0 Å². The zero-order valence-electron chi connectivity index (χ0n) is 19.0. The van der Waals surface area contributed by atoms with Crippen molar-refractivity contribution in [2.24, 2.45) is 0 Å². The lowest BCUT2D eigenvalue weighted by Crippen LogP contribution is -2.38. The summed E-state index contributed by atoms with van der Waals surface area (Å²) in [5.41, 5.74) is -1.19. The Hall–Kier alpha value is -4.09. The molecule has 35 heavy (non-hydrogen) atoms. The van der Waals surface area contributed by atoms with E-state index in [4.69, 9.17) is 14.2 Å². The van der Waals surface area contributed by atoms with Crippen LogP contribution in [0.5, 0.6) is 11.5 Å². The van der Waals surface area contributed by atoms with Crippen LogP contribution in [0.2, 0.25) is 0 Å². The lowest BCUT2D eigenvalue weighted by Gasteiger charge is -2.23. The molecule has 0 atom stereocenters.